The molecule has 0 heterocycles. The summed E-state index contributed by atoms with van der Waals surface area (Å²) in [6, 6.07) is 0. The van der Waals surface area contributed by atoms with E-state index < -0.39 is 5.97 Å². The average molecular weight is 379 g/mol. The summed E-state index contributed by atoms with van der Waals surface area (Å²) in [4.78, 5) is 11.3. The molecule has 4 heteroatoms. The second-order valence-corrected chi connectivity index (χ2v) is 11.0. The highest BCUT2D eigenvalue weighted by Crippen LogP contribution is 2.68. The first-order valence-corrected chi connectivity index (χ1v) is 11.2. The van der Waals surface area contributed by atoms with Crippen LogP contribution >= 0.6 is 0 Å². The van der Waals surface area contributed by atoms with Crippen LogP contribution in [0.4, 0.5) is 0 Å². The Morgan fingerprint density at radius 3 is 2.37 bits per heavy atom. The molecular formula is C23H38O4. The molecule has 0 amide bonds. The fourth-order valence-electron chi connectivity index (χ4n) is 8.59. The van der Waals surface area contributed by atoms with Gasteiger partial charge in [0.05, 0.1) is 12.2 Å². The Bertz CT molecular complexity index is 591. The van der Waals surface area contributed by atoms with Crippen molar-refractivity contribution in [3.05, 3.63) is 0 Å². The second-order valence-electron chi connectivity index (χ2n) is 11.0. The van der Waals surface area contributed by atoms with Crippen molar-refractivity contribution in [3.63, 3.8) is 0 Å². The lowest BCUT2D eigenvalue weighted by Crippen LogP contribution is -2.58. The first-order valence-electron chi connectivity index (χ1n) is 11.2. The van der Waals surface area contributed by atoms with Gasteiger partial charge in [-0.3, -0.25) is 4.79 Å². The van der Waals surface area contributed by atoms with E-state index in [0.29, 0.717) is 29.6 Å². The Kier molecular flexibility index (Phi) is 4.91. The molecule has 4 aliphatic rings. The zero-order valence-corrected chi connectivity index (χ0v) is 17.2. The third-order valence-electron chi connectivity index (χ3n) is 9.91. The van der Waals surface area contributed by atoms with Crippen LogP contribution in [-0.2, 0) is 4.79 Å². The van der Waals surface area contributed by atoms with Crippen molar-refractivity contribution in [1.82, 2.24) is 0 Å². The van der Waals surface area contributed by atoms with E-state index in [1.807, 2.05) is 0 Å². The van der Waals surface area contributed by atoms with Crippen molar-refractivity contribution in [2.24, 2.45) is 46.3 Å². The van der Waals surface area contributed by atoms with Gasteiger partial charge in [-0.1, -0.05) is 20.8 Å². The van der Waals surface area contributed by atoms with E-state index in [1.54, 1.807) is 0 Å². The predicted octanol–water partition coefficient (Wildman–Crippen LogP) is 4.09. The fraction of sp³-hybridized carbons (Fsp3) is 0.957. The maximum Gasteiger partial charge on any atom is 0.303 e. The van der Waals surface area contributed by atoms with E-state index >= 15 is 0 Å². The maximum atomic E-state index is 11.3. The summed E-state index contributed by atoms with van der Waals surface area (Å²) in [5.74, 6) is 1.89. The van der Waals surface area contributed by atoms with Crippen LogP contribution in [0.1, 0.15) is 78.6 Å². The minimum Gasteiger partial charge on any atom is -0.481 e. The Morgan fingerprint density at radius 1 is 1.00 bits per heavy atom. The monoisotopic (exact) mass is 378 g/mol. The molecule has 5 unspecified atom stereocenters. The van der Waals surface area contributed by atoms with E-state index in [1.165, 1.54) is 6.42 Å². The lowest BCUT2D eigenvalue weighted by Gasteiger charge is -2.62. The minimum absolute atomic E-state index is 0.175. The van der Waals surface area contributed by atoms with Crippen molar-refractivity contribution in [2.45, 2.75) is 90.8 Å². The van der Waals surface area contributed by atoms with Gasteiger partial charge in [-0.2, -0.15) is 0 Å². The molecule has 0 aromatic rings. The topological polar surface area (TPSA) is 77.8 Å². The van der Waals surface area contributed by atoms with Crippen LogP contribution in [0.5, 0.6) is 0 Å². The van der Waals surface area contributed by atoms with Gasteiger partial charge in [0.25, 0.3) is 0 Å². The molecule has 0 spiro atoms. The molecule has 0 aliphatic heterocycles. The molecule has 4 rings (SSSR count). The Balaban J connectivity index is 1.60. The predicted molar refractivity (Wildman–Crippen MR) is 104 cm³/mol. The molecule has 0 aromatic heterocycles. The summed E-state index contributed by atoms with van der Waals surface area (Å²) < 4.78 is 0. The number of carbonyl (C=O) groups is 1. The third-order valence-corrected chi connectivity index (χ3v) is 9.91. The molecule has 154 valence electrons. The largest absolute Gasteiger partial charge is 0.481 e. The third kappa shape index (κ3) is 2.97. The number of aliphatic carboxylic acids is 1. The summed E-state index contributed by atoms with van der Waals surface area (Å²) in [6.45, 7) is 6.96. The molecule has 0 aromatic carbocycles. The van der Waals surface area contributed by atoms with Crippen LogP contribution in [0.3, 0.4) is 0 Å². The number of fused-ring (bicyclic) bond motifs is 5. The van der Waals surface area contributed by atoms with Crippen LogP contribution < -0.4 is 0 Å². The van der Waals surface area contributed by atoms with Gasteiger partial charge in [0.15, 0.2) is 0 Å². The summed E-state index contributed by atoms with van der Waals surface area (Å²) >= 11 is 0. The Morgan fingerprint density at radius 2 is 1.67 bits per heavy atom. The van der Waals surface area contributed by atoms with E-state index in [0.717, 1.165) is 44.9 Å². The smallest absolute Gasteiger partial charge is 0.303 e. The SMILES string of the molecule is CC(CC(=O)O)C1CCC2C3C(CC[C@]12C)[C@@]1(C)CC[C@@H](O)C[C@H]1C[C@@H]3O. The van der Waals surface area contributed by atoms with Crippen molar-refractivity contribution in [3.8, 4) is 0 Å². The van der Waals surface area contributed by atoms with Crippen molar-refractivity contribution >= 4 is 5.97 Å². The van der Waals surface area contributed by atoms with Gasteiger partial charge >= 0.3 is 5.97 Å². The highest BCUT2D eigenvalue weighted by Gasteiger charge is 2.62. The number of aliphatic hydroxyl groups is 2. The summed E-state index contributed by atoms with van der Waals surface area (Å²) in [6.07, 6.45) is 8.12. The van der Waals surface area contributed by atoms with Crippen LogP contribution in [0.15, 0.2) is 0 Å². The standard InChI is InChI=1S/C23H38O4/c1-13(10-20(26)27)16-4-5-17-21-18(7-9-23(16,17)3)22(2)8-6-15(24)11-14(22)12-19(21)25/h13-19,21,24-25H,4-12H2,1-3H3,(H,26,27)/t13?,14-,15+,16?,17?,18?,19-,21?,22-,23+/m0/s1. The van der Waals surface area contributed by atoms with E-state index in [-0.39, 0.29) is 35.4 Å². The van der Waals surface area contributed by atoms with Crippen molar-refractivity contribution < 1.29 is 20.1 Å². The zero-order valence-electron chi connectivity index (χ0n) is 17.2. The molecule has 0 bridgehead atoms. The molecule has 0 saturated heterocycles. The first-order chi connectivity index (χ1) is 12.7. The molecule has 27 heavy (non-hydrogen) atoms. The van der Waals surface area contributed by atoms with Gasteiger partial charge in [0.2, 0.25) is 0 Å². The molecule has 4 nitrogen and oxygen atoms in total. The molecule has 4 saturated carbocycles. The van der Waals surface area contributed by atoms with Crippen LogP contribution in [0.2, 0.25) is 0 Å². The summed E-state index contributed by atoms with van der Waals surface area (Å²) in [5, 5.41) is 30.7. The van der Waals surface area contributed by atoms with Crippen LogP contribution in [0, 0.1) is 46.3 Å². The molecule has 0 radical (unpaired) electrons. The quantitative estimate of drug-likeness (QED) is 0.691. The number of hydrogen-bond acceptors (Lipinski definition) is 3. The van der Waals surface area contributed by atoms with E-state index in [9.17, 15) is 20.1 Å². The average Bonchev–Trinajstić information content (AvgIpc) is 2.93. The zero-order chi connectivity index (χ0) is 19.6. The van der Waals surface area contributed by atoms with Crippen LogP contribution in [0.25, 0.3) is 0 Å². The number of aliphatic hydroxyl groups excluding tert-OH is 2. The highest BCUT2D eigenvalue weighted by molar-refractivity contribution is 5.67. The van der Waals surface area contributed by atoms with E-state index in [4.69, 9.17) is 0 Å². The molecular weight excluding hydrogens is 340 g/mol. The minimum atomic E-state index is -0.683. The summed E-state index contributed by atoms with van der Waals surface area (Å²) in [7, 11) is 0. The number of carboxylic acids is 1. The van der Waals surface area contributed by atoms with Crippen molar-refractivity contribution in [1.29, 1.82) is 0 Å². The summed E-state index contributed by atoms with van der Waals surface area (Å²) in [5.41, 5.74) is 0.434. The number of hydrogen-bond donors (Lipinski definition) is 3. The lowest BCUT2D eigenvalue weighted by molar-refractivity contribution is -0.174. The van der Waals surface area contributed by atoms with E-state index in [2.05, 4.69) is 20.8 Å². The maximum absolute atomic E-state index is 11.3. The van der Waals surface area contributed by atoms with Crippen LogP contribution in [-0.4, -0.2) is 33.5 Å². The number of carboxylic acid groups (broad SMARTS) is 1. The normalized spacial score (nSPS) is 53.1. The van der Waals surface area contributed by atoms with Gasteiger partial charge in [-0.05, 0) is 97.7 Å². The second kappa shape index (κ2) is 6.73. The lowest BCUT2D eigenvalue weighted by atomic mass is 9.43. The van der Waals surface area contributed by atoms with Gasteiger partial charge in [0, 0.05) is 6.42 Å². The van der Waals surface area contributed by atoms with Gasteiger partial charge in [0.1, 0.15) is 0 Å². The molecule has 3 N–H and O–H groups in total. The van der Waals surface area contributed by atoms with Crippen molar-refractivity contribution in [2.75, 3.05) is 0 Å². The Labute approximate surface area is 163 Å². The fourth-order valence-corrected chi connectivity index (χ4v) is 8.59. The first kappa shape index (κ1) is 19.7. The molecule has 4 fully saturated rings. The molecule has 10 atom stereocenters. The van der Waals surface area contributed by atoms with Gasteiger partial charge in [-0.25, -0.2) is 0 Å². The number of rotatable bonds is 3. The van der Waals surface area contributed by atoms with Gasteiger partial charge in [-0.15, -0.1) is 0 Å². The Hall–Kier alpha value is -0.610. The van der Waals surface area contributed by atoms with Gasteiger partial charge < -0.3 is 15.3 Å². The highest BCUT2D eigenvalue weighted by atomic mass is 16.4. The molecule has 4 aliphatic carbocycles.